The third kappa shape index (κ3) is 5.01. The van der Waals surface area contributed by atoms with E-state index in [0.29, 0.717) is 15.7 Å². The van der Waals surface area contributed by atoms with E-state index in [-0.39, 0.29) is 10.7 Å². The van der Waals surface area contributed by atoms with E-state index in [0.717, 1.165) is 10.6 Å². The van der Waals surface area contributed by atoms with Gasteiger partial charge < -0.3 is 5.32 Å². The molecule has 9 heteroatoms. The highest BCUT2D eigenvalue weighted by molar-refractivity contribution is 7.92. The molecule has 2 aromatic rings. The summed E-state index contributed by atoms with van der Waals surface area (Å²) in [6.07, 6.45) is 0.991. The largest absolute Gasteiger partial charge is 0.324 e. The van der Waals surface area contributed by atoms with Gasteiger partial charge in [-0.2, -0.15) is 0 Å². The molecule has 0 aliphatic rings. The van der Waals surface area contributed by atoms with Crippen LogP contribution in [0.1, 0.15) is 0 Å². The molecule has 1 amide bonds. The minimum Gasteiger partial charge on any atom is -0.324 e. The van der Waals surface area contributed by atoms with Crippen LogP contribution in [0.5, 0.6) is 0 Å². The van der Waals surface area contributed by atoms with E-state index >= 15 is 0 Å². The molecule has 0 spiro atoms. The maximum Gasteiger partial charge on any atom is 0.245 e. The fourth-order valence-electron chi connectivity index (χ4n) is 1.96. The number of carbonyl (C=O) groups is 1. The van der Waals surface area contributed by atoms with Gasteiger partial charge in [0.05, 0.1) is 17.0 Å². The van der Waals surface area contributed by atoms with Crippen LogP contribution in [-0.4, -0.2) is 27.1 Å². The average molecular weight is 408 g/mol. The molecule has 0 atom stereocenters. The normalized spacial score (nSPS) is 11.2. The van der Waals surface area contributed by atoms with Crippen molar-refractivity contribution in [2.24, 2.45) is 0 Å². The number of nitrogens with one attached hydrogen (secondary N) is 1. The highest BCUT2D eigenvalue weighted by Crippen LogP contribution is 2.30. The number of hydrogen-bond donors (Lipinski definition) is 1. The number of halogens is 3. The molecule has 24 heavy (non-hydrogen) atoms. The summed E-state index contributed by atoms with van der Waals surface area (Å²) < 4.78 is 25.0. The predicted molar refractivity (Wildman–Crippen MR) is 98.7 cm³/mol. The lowest BCUT2D eigenvalue weighted by Crippen LogP contribution is -2.37. The number of sulfonamides is 1. The zero-order valence-corrected chi connectivity index (χ0v) is 15.5. The summed E-state index contributed by atoms with van der Waals surface area (Å²) in [6.45, 7) is -0.438. The SMILES string of the molecule is CS(=O)(=O)N(CC(=O)Nc1cccc(Cl)c1)c1ccc(Cl)cc1Cl. The topological polar surface area (TPSA) is 66.5 Å². The summed E-state index contributed by atoms with van der Waals surface area (Å²) in [5.74, 6) is -0.534. The second-order valence-electron chi connectivity index (χ2n) is 4.92. The molecule has 0 saturated heterocycles. The highest BCUT2D eigenvalue weighted by Gasteiger charge is 2.23. The molecule has 0 aromatic heterocycles. The lowest BCUT2D eigenvalue weighted by Gasteiger charge is -2.23. The lowest BCUT2D eigenvalue weighted by atomic mass is 10.3. The fourth-order valence-corrected chi connectivity index (χ4v) is 3.58. The standard InChI is InChI=1S/C15H13Cl3N2O3S/c1-24(22,23)20(14-6-5-11(17)8-13(14)18)9-15(21)19-12-4-2-3-10(16)7-12/h2-8H,9H2,1H3,(H,19,21). The van der Waals surface area contributed by atoms with Crippen molar-refractivity contribution in [1.82, 2.24) is 0 Å². The summed E-state index contributed by atoms with van der Waals surface area (Å²) in [7, 11) is -3.73. The monoisotopic (exact) mass is 406 g/mol. The smallest absolute Gasteiger partial charge is 0.245 e. The summed E-state index contributed by atoms with van der Waals surface area (Å²) in [5, 5.41) is 3.53. The third-order valence-electron chi connectivity index (χ3n) is 2.97. The summed E-state index contributed by atoms with van der Waals surface area (Å²) in [5.41, 5.74) is 0.632. The van der Waals surface area contributed by atoms with Gasteiger partial charge in [0, 0.05) is 15.7 Å². The van der Waals surface area contributed by atoms with Crippen LogP contribution in [0.3, 0.4) is 0 Å². The van der Waals surface area contributed by atoms with Crippen LogP contribution in [0.4, 0.5) is 11.4 Å². The third-order valence-corrected chi connectivity index (χ3v) is 4.87. The fraction of sp³-hybridized carbons (Fsp3) is 0.133. The Balaban J connectivity index is 2.25. The number of anilines is 2. The summed E-state index contributed by atoms with van der Waals surface area (Å²) in [6, 6.07) is 10.9. The second kappa shape index (κ2) is 7.61. The van der Waals surface area contributed by atoms with Gasteiger partial charge in [0.2, 0.25) is 15.9 Å². The molecule has 128 valence electrons. The Morgan fingerprint density at radius 3 is 2.33 bits per heavy atom. The van der Waals surface area contributed by atoms with Crippen LogP contribution in [0.25, 0.3) is 0 Å². The molecule has 5 nitrogen and oxygen atoms in total. The van der Waals surface area contributed by atoms with Gasteiger partial charge in [-0.25, -0.2) is 8.42 Å². The van der Waals surface area contributed by atoms with E-state index in [1.807, 2.05) is 0 Å². The summed E-state index contributed by atoms with van der Waals surface area (Å²) in [4.78, 5) is 12.2. The van der Waals surface area contributed by atoms with Crippen molar-refractivity contribution < 1.29 is 13.2 Å². The van der Waals surface area contributed by atoms with E-state index in [1.54, 1.807) is 24.3 Å². The zero-order chi connectivity index (χ0) is 17.9. The molecule has 2 aromatic carbocycles. The molecule has 0 aliphatic heterocycles. The van der Waals surface area contributed by atoms with Crippen molar-refractivity contribution in [3.05, 3.63) is 57.5 Å². The molecule has 1 N–H and O–H groups in total. The van der Waals surface area contributed by atoms with Gasteiger partial charge in [0.1, 0.15) is 6.54 Å². The molecular formula is C15H13Cl3N2O3S. The van der Waals surface area contributed by atoms with Crippen LogP contribution >= 0.6 is 34.8 Å². The predicted octanol–water partition coefficient (Wildman–Crippen LogP) is 4.05. The van der Waals surface area contributed by atoms with Gasteiger partial charge in [0.15, 0.2) is 0 Å². The van der Waals surface area contributed by atoms with Crippen LogP contribution in [0.2, 0.25) is 15.1 Å². The van der Waals surface area contributed by atoms with Crippen molar-refractivity contribution in [3.63, 3.8) is 0 Å². The summed E-state index contributed by atoms with van der Waals surface area (Å²) >= 11 is 17.7. The molecule has 0 heterocycles. The zero-order valence-electron chi connectivity index (χ0n) is 12.5. The number of rotatable bonds is 5. The number of carbonyl (C=O) groups excluding carboxylic acids is 1. The van der Waals surface area contributed by atoms with Gasteiger partial charge in [0.25, 0.3) is 0 Å². The van der Waals surface area contributed by atoms with E-state index < -0.39 is 22.5 Å². The van der Waals surface area contributed by atoms with E-state index in [2.05, 4.69) is 5.32 Å². The molecule has 0 radical (unpaired) electrons. The molecular weight excluding hydrogens is 395 g/mol. The average Bonchev–Trinajstić information content (AvgIpc) is 2.44. The van der Waals surface area contributed by atoms with Crippen molar-refractivity contribution in [1.29, 1.82) is 0 Å². The Kier molecular flexibility index (Phi) is 5.98. The molecule has 0 saturated carbocycles. The highest BCUT2D eigenvalue weighted by atomic mass is 35.5. The Labute approximate surface area is 155 Å². The van der Waals surface area contributed by atoms with Crippen molar-refractivity contribution >= 4 is 62.1 Å². The number of benzene rings is 2. The Morgan fingerprint density at radius 1 is 1.08 bits per heavy atom. The van der Waals surface area contributed by atoms with Crippen LogP contribution in [-0.2, 0) is 14.8 Å². The molecule has 0 unspecified atom stereocenters. The first-order valence-corrected chi connectivity index (χ1v) is 9.63. The van der Waals surface area contributed by atoms with Crippen molar-refractivity contribution in [2.45, 2.75) is 0 Å². The molecule has 0 aliphatic carbocycles. The van der Waals surface area contributed by atoms with Crippen molar-refractivity contribution in [2.75, 3.05) is 22.4 Å². The number of hydrogen-bond acceptors (Lipinski definition) is 3. The van der Waals surface area contributed by atoms with Crippen LogP contribution in [0.15, 0.2) is 42.5 Å². The molecule has 0 fully saturated rings. The van der Waals surface area contributed by atoms with Gasteiger partial charge in [-0.3, -0.25) is 9.10 Å². The van der Waals surface area contributed by atoms with Gasteiger partial charge in [-0.05, 0) is 36.4 Å². The minimum atomic E-state index is -3.73. The Bertz CT molecular complexity index is 872. The molecule has 2 rings (SSSR count). The van der Waals surface area contributed by atoms with Crippen LogP contribution in [0, 0.1) is 0 Å². The van der Waals surface area contributed by atoms with E-state index in [1.165, 1.54) is 18.2 Å². The van der Waals surface area contributed by atoms with E-state index in [4.69, 9.17) is 34.8 Å². The minimum absolute atomic E-state index is 0.128. The van der Waals surface area contributed by atoms with Gasteiger partial charge in [-0.1, -0.05) is 40.9 Å². The lowest BCUT2D eigenvalue weighted by molar-refractivity contribution is -0.114. The Hall–Kier alpha value is -1.47. The molecule has 0 bridgehead atoms. The van der Waals surface area contributed by atoms with Crippen LogP contribution < -0.4 is 9.62 Å². The van der Waals surface area contributed by atoms with Crippen molar-refractivity contribution in [3.8, 4) is 0 Å². The maximum absolute atomic E-state index is 12.2. The maximum atomic E-state index is 12.2. The van der Waals surface area contributed by atoms with E-state index in [9.17, 15) is 13.2 Å². The second-order valence-corrected chi connectivity index (χ2v) is 8.11. The first-order chi connectivity index (χ1) is 11.2. The first-order valence-electron chi connectivity index (χ1n) is 6.65. The quantitative estimate of drug-likeness (QED) is 0.813. The van der Waals surface area contributed by atoms with Gasteiger partial charge in [-0.15, -0.1) is 0 Å². The first kappa shape index (κ1) is 18.9. The van der Waals surface area contributed by atoms with Gasteiger partial charge >= 0.3 is 0 Å². The Morgan fingerprint density at radius 2 is 1.75 bits per heavy atom. The number of nitrogens with zero attached hydrogens (tertiary/aromatic N) is 1. The number of amides is 1.